The third-order valence-electron chi connectivity index (χ3n) is 4.54. The van der Waals surface area contributed by atoms with Crippen LogP contribution in [0.1, 0.15) is 28.3 Å². The highest BCUT2D eigenvalue weighted by Crippen LogP contribution is 2.28. The lowest BCUT2D eigenvalue weighted by Gasteiger charge is -2.23. The number of para-hydroxylation sites is 1. The Morgan fingerprint density at radius 3 is 2.79 bits per heavy atom. The molecule has 0 aliphatic carbocycles. The van der Waals surface area contributed by atoms with Crippen molar-refractivity contribution in [2.24, 2.45) is 0 Å². The van der Waals surface area contributed by atoms with E-state index in [0.717, 1.165) is 25.4 Å². The number of aromatic nitrogens is 2. The van der Waals surface area contributed by atoms with Crippen LogP contribution in [0.4, 0.5) is 0 Å². The lowest BCUT2D eigenvalue weighted by Crippen LogP contribution is -2.33. The number of hydrogen-bond acceptors (Lipinski definition) is 7. The SMILES string of the molecule is C[C@H](c1nc2ccccc2s1)N(C)C(=O)COC(=O)c1ccc2ncsc2c1. The standard InChI is InChI=1S/C20H17N3O3S2/c1-12(19-22-15-5-3-4-6-16(15)28-19)23(2)18(24)10-26-20(25)13-7-8-14-17(9-13)27-11-21-14/h3-9,11-12H,10H2,1-2H3/t12-/m1/s1. The summed E-state index contributed by atoms with van der Waals surface area (Å²) in [6, 6.07) is 12.8. The minimum Gasteiger partial charge on any atom is -0.452 e. The van der Waals surface area contributed by atoms with Gasteiger partial charge < -0.3 is 9.64 Å². The molecule has 1 amide bonds. The largest absolute Gasteiger partial charge is 0.452 e. The zero-order valence-electron chi connectivity index (χ0n) is 15.3. The predicted octanol–water partition coefficient (Wildman–Crippen LogP) is 4.28. The number of hydrogen-bond donors (Lipinski definition) is 0. The molecular weight excluding hydrogens is 394 g/mol. The molecule has 6 nitrogen and oxygen atoms in total. The van der Waals surface area contributed by atoms with Crippen molar-refractivity contribution < 1.29 is 14.3 Å². The number of carbonyl (C=O) groups excluding carboxylic acids is 2. The zero-order valence-corrected chi connectivity index (χ0v) is 16.9. The van der Waals surface area contributed by atoms with E-state index >= 15 is 0 Å². The van der Waals surface area contributed by atoms with Gasteiger partial charge in [-0.1, -0.05) is 12.1 Å². The molecule has 0 N–H and O–H groups in total. The Kier molecular flexibility index (Phi) is 5.06. The molecule has 0 saturated heterocycles. The van der Waals surface area contributed by atoms with Crippen LogP contribution in [0.5, 0.6) is 0 Å². The van der Waals surface area contributed by atoms with Gasteiger partial charge in [0.15, 0.2) is 6.61 Å². The first-order valence-electron chi connectivity index (χ1n) is 8.64. The van der Waals surface area contributed by atoms with Crippen LogP contribution in [-0.2, 0) is 9.53 Å². The topological polar surface area (TPSA) is 72.4 Å². The minimum atomic E-state index is -0.523. The number of thiazole rings is 2. The Morgan fingerprint density at radius 1 is 1.14 bits per heavy atom. The van der Waals surface area contributed by atoms with Crippen LogP contribution < -0.4 is 0 Å². The van der Waals surface area contributed by atoms with E-state index in [0.29, 0.717) is 5.56 Å². The van der Waals surface area contributed by atoms with Crippen LogP contribution >= 0.6 is 22.7 Å². The molecule has 0 aliphatic rings. The maximum Gasteiger partial charge on any atom is 0.338 e. The lowest BCUT2D eigenvalue weighted by molar-refractivity contribution is -0.135. The molecule has 2 aromatic heterocycles. The summed E-state index contributed by atoms with van der Waals surface area (Å²) < 4.78 is 7.20. The highest BCUT2D eigenvalue weighted by molar-refractivity contribution is 7.18. The van der Waals surface area contributed by atoms with Gasteiger partial charge in [-0.2, -0.15) is 0 Å². The van der Waals surface area contributed by atoms with Crippen molar-refractivity contribution in [2.75, 3.05) is 13.7 Å². The number of carbonyl (C=O) groups is 2. The molecule has 2 aromatic carbocycles. The Balaban J connectivity index is 1.40. The minimum absolute atomic E-state index is 0.211. The van der Waals surface area contributed by atoms with Gasteiger partial charge in [0.1, 0.15) is 5.01 Å². The van der Waals surface area contributed by atoms with E-state index in [9.17, 15) is 9.59 Å². The van der Waals surface area contributed by atoms with Crippen molar-refractivity contribution in [3.8, 4) is 0 Å². The second-order valence-electron chi connectivity index (χ2n) is 6.31. The third-order valence-corrected chi connectivity index (χ3v) is 6.53. The molecule has 0 saturated carbocycles. The van der Waals surface area contributed by atoms with E-state index in [-0.39, 0.29) is 18.6 Å². The molecule has 0 radical (unpaired) electrons. The van der Waals surface area contributed by atoms with Crippen LogP contribution in [0.25, 0.3) is 20.4 Å². The molecule has 2 heterocycles. The molecular formula is C20H17N3O3S2. The van der Waals surface area contributed by atoms with Gasteiger partial charge in [-0.15, -0.1) is 22.7 Å². The number of rotatable bonds is 5. The van der Waals surface area contributed by atoms with Crippen LogP contribution in [-0.4, -0.2) is 40.4 Å². The number of likely N-dealkylation sites (N-methyl/N-ethyl adjacent to an activating group) is 1. The zero-order chi connectivity index (χ0) is 19.7. The first-order chi connectivity index (χ1) is 13.5. The normalized spacial score (nSPS) is 12.2. The summed E-state index contributed by atoms with van der Waals surface area (Å²) in [5.41, 5.74) is 3.88. The number of benzene rings is 2. The maximum absolute atomic E-state index is 12.5. The monoisotopic (exact) mass is 411 g/mol. The molecule has 4 aromatic rings. The fourth-order valence-electron chi connectivity index (χ4n) is 2.74. The van der Waals surface area contributed by atoms with Crippen LogP contribution in [0.3, 0.4) is 0 Å². The Morgan fingerprint density at radius 2 is 1.96 bits per heavy atom. The summed E-state index contributed by atoms with van der Waals surface area (Å²) in [5.74, 6) is -0.802. The van der Waals surface area contributed by atoms with Gasteiger partial charge in [-0.25, -0.2) is 14.8 Å². The van der Waals surface area contributed by atoms with Gasteiger partial charge in [0.05, 0.1) is 37.5 Å². The van der Waals surface area contributed by atoms with Gasteiger partial charge >= 0.3 is 5.97 Å². The number of fused-ring (bicyclic) bond motifs is 2. The van der Waals surface area contributed by atoms with Gasteiger partial charge in [0.25, 0.3) is 5.91 Å². The first kappa shape index (κ1) is 18.5. The van der Waals surface area contributed by atoms with E-state index in [1.165, 1.54) is 11.3 Å². The van der Waals surface area contributed by atoms with Crippen LogP contribution in [0.2, 0.25) is 0 Å². The Labute approximate surface area is 169 Å². The summed E-state index contributed by atoms with van der Waals surface area (Å²) in [6.45, 7) is 1.60. The Bertz CT molecular complexity index is 1130. The van der Waals surface area contributed by atoms with Gasteiger partial charge in [-0.05, 0) is 37.3 Å². The Hall–Kier alpha value is -2.84. The van der Waals surface area contributed by atoms with Crippen LogP contribution in [0, 0.1) is 0 Å². The van der Waals surface area contributed by atoms with Crippen molar-refractivity contribution in [2.45, 2.75) is 13.0 Å². The molecule has 0 fully saturated rings. The van der Waals surface area contributed by atoms with Gasteiger partial charge in [0, 0.05) is 7.05 Å². The summed E-state index contributed by atoms with van der Waals surface area (Å²) >= 11 is 3.01. The number of amides is 1. The highest BCUT2D eigenvalue weighted by Gasteiger charge is 2.22. The second kappa shape index (κ2) is 7.65. The molecule has 0 bridgehead atoms. The molecule has 0 aliphatic heterocycles. The van der Waals surface area contributed by atoms with Crippen molar-refractivity contribution >= 4 is 55.0 Å². The van der Waals surface area contributed by atoms with Crippen molar-refractivity contribution in [1.82, 2.24) is 14.9 Å². The maximum atomic E-state index is 12.5. The average Bonchev–Trinajstić information content (AvgIpc) is 3.36. The number of esters is 1. The van der Waals surface area contributed by atoms with Gasteiger partial charge in [0.2, 0.25) is 0 Å². The summed E-state index contributed by atoms with van der Waals surface area (Å²) in [4.78, 5) is 35.1. The van der Waals surface area contributed by atoms with E-state index < -0.39 is 5.97 Å². The van der Waals surface area contributed by atoms with E-state index in [4.69, 9.17) is 4.74 Å². The van der Waals surface area contributed by atoms with E-state index in [1.54, 1.807) is 47.0 Å². The van der Waals surface area contributed by atoms with Crippen molar-refractivity contribution in [1.29, 1.82) is 0 Å². The molecule has 1 atom stereocenters. The summed E-state index contributed by atoms with van der Waals surface area (Å²) in [7, 11) is 1.69. The van der Waals surface area contributed by atoms with Crippen molar-refractivity contribution in [3.63, 3.8) is 0 Å². The second-order valence-corrected chi connectivity index (χ2v) is 8.26. The van der Waals surface area contributed by atoms with Gasteiger partial charge in [-0.3, -0.25) is 4.79 Å². The molecule has 0 spiro atoms. The van der Waals surface area contributed by atoms with Crippen molar-refractivity contribution in [3.05, 3.63) is 58.5 Å². The first-order valence-corrected chi connectivity index (χ1v) is 10.3. The molecule has 8 heteroatoms. The van der Waals surface area contributed by atoms with Crippen LogP contribution in [0.15, 0.2) is 48.0 Å². The highest BCUT2D eigenvalue weighted by atomic mass is 32.1. The number of ether oxygens (including phenoxy) is 1. The number of nitrogens with zero attached hydrogens (tertiary/aromatic N) is 3. The molecule has 4 rings (SSSR count). The quantitative estimate of drug-likeness (QED) is 0.458. The molecule has 0 unspecified atom stereocenters. The third kappa shape index (κ3) is 3.61. The average molecular weight is 412 g/mol. The molecule has 142 valence electrons. The smallest absolute Gasteiger partial charge is 0.338 e. The van der Waals surface area contributed by atoms with E-state index in [2.05, 4.69) is 9.97 Å². The lowest BCUT2D eigenvalue weighted by atomic mass is 10.2. The fourth-order valence-corrected chi connectivity index (χ4v) is 4.52. The fraction of sp³-hybridized carbons (Fsp3) is 0.200. The van der Waals surface area contributed by atoms with E-state index in [1.807, 2.05) is 31.2 Å². The summed E-state index contributed by atoms with van der Waals surface area (Å²) in [5, 5.41) is 0.846. The predicted molar refractivity (Wildman–Crippen MR) is 111 cm³/mol. The molecule has 28 heavy (non-hydrogen) atoms. The summed E-state index contributed by atoms with van der Waals surface area (Å²) in [6.07, 6.45) is 0.